The minimum absolute atomic E-state index is 0.205. The summed E-state index contributed by atoms with van der Waals surface area (Å²) in [7, 11) is 5.40. The zero-order valence-electron chi connectivity index (χ0n) is 10.8. The SMILES string of the molecule is C#CC(C)(C)Oc1nc(NC)nc(N(C)C)n1. The first kappa shape index (κ1) is 13.0. The summed E-state index contributed by atoms with van der Waals surface area (Å²) in [5.74, 6) is 3.46. The highest BCUT2D eigenvalue weighted by molar-refractivity contribution is 5.36. The van der Waals surface area contributed by atoms with Gasteiger partial charge in [-0.15, -0.1) is 6.42 Å². The van der Waals surface area contributed by atoms with E-state index in [-0.39, 0.29) is 6.01 Å². The Morgan fingerprint density at radius 3 is 2.41 bits per heavy atom. The number of hydrogen-bond acceptors (Lipinski definition) is 6. The lowest BCUT2D eigenvalue weighted by Gasteiger charge is -2.19. The van der Waals surface area contributed by atoms with Gasteiger partial charge in [0.1, 0.15) is 0 Å². The maximum absolute atomic E-state index is 5.52. The van der Waals surface area contributed by atoms with Crippen molar-refractivity contribution in [2.45, 2.75) is 19.4 Å². The fourth-order valence-corrected chi connectivity index (χ4v) is 0.961. The second kappa shape index (κ2) is 4.87. The quantitative estimate of drug-likeness (QED) is 0.778. The Morgan fingerprint density at radius 1 is 1.29 bits per heavy atom. The summed E-state index contributed by atoms with van der Waals surface area (Å²) in [6, 6.07) is 0.205. The number of rotatable bonds is 4. The molecule has 92 valence electrons. The molecule has 6 heteroatoms. The molecule has 0 spiro atoms. The van der Waals surface area contributed by atoms with Crippen LogP contribution in [0.3, 0.4) is 0 Å². The van der Waals surface area contributed by atoms with Crippen LogP contribution in [0, 0.1) is 12.3 Å². The van der Waals surface area contributed by atoms with E-state index in [1.54, 1.807) is 25.8 Å². The minimum Gasteiger partial charge on any atom is -0.444 e. The first-order valence-corrected chi connectivity index (χ1v) is 5.16. The van der Waals surface area contributed by atoms with Gasteiger partial charge in [0.05, 0.1) is 0 Å². The zero-order chi connectivity index (χ0) is 13.1. The fraction of sp³-hybridized carbons (Fsp3) is 0.545. The molecule has 0 unspecified atom stereocenters. The molecule has 0 saturated carbocycles. The van der Waals surface area contributed by atoms with Crippen LogP contribution in [0.15, 0.2) is 0 Å². The van der Waals surface area contributed by atoms with Crippen LogP contribution >= 0.6 is 0 Å². The number of nitrogens with one attached hydrogen (secondary N) is 1. The Labute approximate surface area is 101 Å². The molecule has 0 aliphatic rings. The molecule has 1 rings (SSSR count). The van der Waals surface area contributed by atoms with Crippen molar-refractivity contribution in [2.75, 3.05) is 31.4 Å². The van der Waals surface area contributed by atoms with Crippen molar-refractivity contribution in [3.05, 3.63) is 0 Å². The lowest BCUT2D eigenvalue weighted by Crippen LogP contribution is -2.27. The van der Waals surface area contributed by atoms with Gasteiger partial charge in [0, 0.05) is 21.1 Å². The van der Waals surface area contributed by atoms with Gasteiger partial charge < -0.3 is 15.0 Å². The Hall–Kier alpha value is -2.03. The Kier molecular flexibility index (Phi) is 3.73. The highest BCUT2D eigenvalue weighted by Crippen LogP contribution is 2.17. The number of terminal acetylenes is 1. The highest BCUT2D eigenvalue weighted by atomic mass is 16.5. The van der Waals surface area contributed by atoms with Crippen molar-refractivity contribution in [3.8, 4) is 18.4 Å². The van der Waals surface area contributed by atoms with Crippen LogP contribution in [-0.2, 0) is 0 Å². The van der Waals surface area contributed by atoms with E-state index in [1.807, 2.05) is 14.1 Å². The Morgan fingerprint density at radius 2 is 1.94 bits per heavy atom. The molecule has 0 aromatic carbocycles. The lowest BCUT2D eigenvalue weighted by atomic mass is 10.2. The number of nitrogens with zero attached hydrogens (tertiary/aromatic N) is 4. The van der Waals surface area contributed by atoms with E-state index < -0.39 is 5.60 Å². The molecular weight excluding hydrogens is 218 g/mol. The molecule has 17 heavy (non-hydrogen) atoms. The normalized spacial score (nSPS) is 10.6. The third-order valence-corrected chi connectivity index (χ3v) is 1.92. The molecule has 0 radical (unpaired) electrons. The molecule has 6 nitrogen and oxygen atoms in total. The topological polar surface area (TPSA) is 63.2 Å². The van der Waals surface area contributed by atoms with Crippen LogP contribution in [0.4, 0.5) is 11.9 Å². The summed E-state index contributed by atoms with van der Waals surface area (Å²) in [5.41, 5.74) is -0.754. The van der Waals surface area contributed by atoms with Gasteiger partial charge >= 0.3 is 6.01 Å². The van der Waals surface area contributed by atoms with Gasteiger partial charge in [-0.05, 0) is 13.8 Å². The fourth-order valence-electron chi connectivity index (χ4n) is 0.961. The summed E-state index contributed by atoms with van der Waals surface area (Å²) in [6.45, 7) is 3.54. The standard InChI is InChI=1S/C11H17N5O/c1-7-11(2,3)17-10-14-8(12-4)13-9(15-10)16(5)6/h1H,2-6H3,(H,12,13,14,15). The van der Waals surface area contributed by atoms with Crippen LogP contribution < -0.4 is 15.0 Å². The van der Waals surface area contributed by atoms with Crippen molar-refractivity contribution < 1.29 is 4.74 Å². The summed E-state index contributed by atoms with van der Waals surface area (Å²) >= 11 is 0. The molecule has 0 fully saturated rings. The van der Waals surface area contributed by atoms with Gasteiger partial charge in [0.25, 0.3) is 0 Å². The minimum atomic E-state index is -0.754. The molecule has 0 saturated heterocycles. The average Bonchev–Trinajstić information content (AvgIpc) is 2.28. The lowest BCUT2D eigenvalue weighted by molar-refractivity contribution is 0.156. The second-order valence-electron chi connectivity index (χ2n) is 4.14. The van der Waals surface area contributed by atoms with E-state index in [1.165, 1.54) is 0 Å². The van der Waals surface area contributed by atoms with E-state index >= 15 is 0 Å². The molecule has 0 amide bonds. The van der Waals surface area contributed by atoms with Gasteiger partial charge in [-0.1, -0.05) is 5.92 Å². The highest BCUT2D eigenvalue weighted by Gasteiger charge is 2.19. The van der Waals surface area contributed by atoms with E-state index in [4.69, 9.17) is 11.2 Å². The van der Waals surface area contributed by atoms with Crippen molar-refractivity contribution >= 4 is 11.9 Å². The third kappa shape index (κ3) is 3.48. The van der Waals surface area contributed by atoms with Gasteiger partial charge in [-0.25, -0.2) is 0 Å². The number of aromatic nitrogens is 3. The molecule has 0 aliphatic carbocycles. The smallest absolute Gasteiger partial charge is 0.324 e. The maximum Gasteiger partial charge on any atom is 0.324 e. The summed E-state index contributed by atoms with van der Waals surface area (Å²) in [6.07, 6.45) is 5.35. The van der Waals surface area contributed by atoms with Crippen LogP contribution in [0.1, 0.15) is 13.8 Å². The zero-order valence-corrected chi connectivity index (χ0v) is 10.8. The summed E-state index contributed by atoms with van der Waals surface area (Å²) < 4.78 is 5.52. The molecule has 1 N–H and O–H groups in total. The van der Waals surface area contributed by atoms with E-state index in [9.17, 15) is 0 Å². The van der Waals surface area contributed by atoms with Gasteiger partial charge in [0.15, 0.2) is 5.60 Å². The summed E-state index contributed by atoms with van der Waals surface area (Å²) in [4.78, 5) is 14.2. The van der Waals surface area contributed by atoms with Crippen molar-refractivity contribution in [1.29, 1.82) is 0 Å². The molecule has 0 bridgehead atoms. The third-order valence-electron chi connectivity index (χ3n) is 1.92. The molecule has 1 heterocycles. The number of ether oxygens (including phenoxy) is 1. The number of hydrogen-bond donors (Lipinski definition) is 1. The predicted octanol–water partition coefficient (Wildman–Crippen LogP) is 0.770. The number of anilines is 2. The largest absolute Gasteiger partial charge is 0.444 e. The van der Waals surface area contributed by atoms with Gasteiger partial charge in [-0.3, -0.25) is 0 Å². The Balaban J connectivity index is 3.08. The monoisotopic (exact) mass is 235 g/mol. The molecule has 0 atom stereocenters. The van der Waals surface area contributed by atoms with Gasteiger partial charge in [0.2, 0.25) is 11.9 Å². The molecular formula is C11H17N5O. The molecule has 0 aliphatic heterocycles. The maximum atomic E-state index is 5.52. The van der Waals surface area contributed by atoms with Crippen LogP contribution in [-0.4, -0.2) is 41.7 Å². The van der Waals surface area contributed by atoms with Gasteiger partial charge in [-0.2, -0.15) is 15.0 Å². The molecule has 1 aromatic rings. The van der Waals surface area contributed by atoms with Crippen molar-refractivity contribution in [2.24, 2.45) is 0 Å². The predicted molar refractivity (Wildman–Crippen MR) is 67.2 cm³/mol. The van der Waals surface area contributed by atoms with E-state index in [2.05, 4.69) is 26.2 Å². The van der Waals surface area contributed by atoms with Crippen LogP contribution in [0.25, 0.3) is 0 Å². The molecule has 1 aromatic heterocycles. The first-order valence-electron chi connectivity index (χ1n) is 5.16. The Bertz CT molecular complexity index is 436. The van der Waals surface area contributed by atoms with E-state index in [0.29, 0.717) is 11.9 Å². The van der Waals surface area contributed by atoms with Crippen molar-refractivity contribution in [3.63, 3.8) is 0 Å². The first-order chi connectivity index (χ1) is 7.88. The van der Waals surface area contributed by atoms with Crippen LogP contribution in [0.2, 0.25) is 0 Å². The van der Waals surface area contributed by atoms with Crippen LogP contribution in [0.5, 0.6) is 6.01 Å². The van der Waals surface area contributed by atoms with Crippen molar-refractivity contribution in [1.82, 2.24) is 15.0 Å². The average molecular weight is 235 g/mol. The summed E-state index contributed by atoms with van der Waals surface area (Å²) in [5, 5.41) is 2.85. The second-order valence-corrected chi connectivity index (χ2v) is 4.14. The van der Waals surface area contributed by atoms with E-state index in [0.717, 1.165) is 0 Å².